The monoisotopic (exact) mass is 215 g/mol. The molecule has 0 aromatic carbocycles. The van der Waals surface area contributed by atoms with Crippen LogP contribution in [-0.2, 0) is 14.3 Å². The van der Waals surface area contributed by atoms with Crippen LogP contribution in [0.2, 0.25) is 0 Å². The molecule has 0 unspecified atom stereocenters. The molecule has 0 aliphatic carbocycles. The van der Waals surface area contributed by atoms with Gasteiger partial charge in [0.2, 0.25) is 0 Å². The van der Waals surface area contributed by atoms with Gasteiger partial charge in [-0.2, -0.15) is 0 Å². The maximum atomic E-state index is 11.5. The van der Waals surface area contributed by atoms with Crippen molar-refractivity contribution in [2.24, 2.45) is 0 Å². The molecule has 1 rings (SSSR count). The van der Waals surface area contributed by atoms with E-state index in [0.717, 1.165) is 6.42 Å². The molecule has 1 amide bonds. The normalized spacial score (nSPS) is 20.1. The van der Waals surface area contributed by atoms with Gasteiger partial charge in [-0.05, 0) is 26.7 Å². The third kappa shape index (κ3) is 2.84. The van der Waals surface area contributed by atoms with Gasteiger partial charge in [0.1, 0.15) is 6.04 Å². The summed E-state index contributed by atoms with van der Waals surface area (Å²) in [5.41, 5.74) is 0. The summed E-state index contributed by atoms with van der Waals surface area (Å²) < 4.78 is 9.76. The van der Waals surface area contributed by atoms with Crippen molar-refractivity contribution in [2.45, 2.75) is 32.7 Å². The summed E-state index contributed by atoms with van der Waals surface area (Å²) in [4.78, 5) is 24.4. The molecule has 1 atom stereocenters. The molecule has 0 aromatic heterocycles. The predicted molar refractivity (Wildman–Crippen MR) is 53.4 cm³/mol. The van der Waals surface area contributed by atoms with Gasteiger partial charge in [0.15, 0.2) is 0 Å². The number of rotatable bonds is 3. The van der Waals surface area contributed by atoms with Gasteiger partial charge < -0.3 is 9.47 Å². The number of hydrogen-bond acceptors (Lipinski definition) is 4. The fraction of sp³-hybridized carbons (Fsp3) is 0.800. The summed E-state index contributed by atoms with van der Waals surface area (Å²) >= 11 is 0. The van der Waals surface area contributed by atoms with Gasteiger partial charge >= 0.3 is 12.1 Å². The molecule has 1 saturated heterocycles. The minimum atomic E-state index is -0.455. The average molecular weight is 215 g/mol. The third-order valence-electron chi connectivity index (χ3n) is 2.31. The van der Waals surface area contributed by atoms with Crippen LogP contribution in [0.4, 0.5) is 4.79 Å². The van der Waals surface area contributed by atoms with Crippen LogP contribution in [0, 0.1) is 0 Å². The lowest BCUT2D eigenvalue weighted by Crippen LogP contribution is -2.41. The van der Waals surface area contributed by atoms with Crippen LogP contribution in [-0.4, -0.2) is 42.8 Å². The second kappa shape index (κ2) is 5.58. The number of nitrogens with zero attached hydrogens (tertiary/aromatic N) is 1. The Morgan fingerprint density at radius 1 is 1.27 bits per heavy atom. The van der Waals surface area contributed by atoms with E-state index < -0.39 is 12.1 Å². The first-order chi connectivity index (χ1) is 7.20. The first-order valence-corrected chi connectivity index (χ1v) is 5.30. The van der Waals surface area contributed by atoms with E-state index in [9.17, 15) is 9.59 Å². The summed E-state index contributed by atoms with van der Waals surface area (Å²) in [6, 6.07) is -0.455. The minimum absolute atomic E-state index is 0.324. The number of carbonyl (C=O) groups excluding carboxylic acids is 2. The summed E-state index contributed by atoms with van der Waals surface area (Å²) in [6.45, 7) is 4.73. The number of hydrogen-bond donors (Lipinski definition) is 0. The summed E-state index contributed by atoms with van der Waals surface area (Å²) in [7, 11) is 0. The lowest BCUT2D eigenvalue weighted by molar-refractivity contribution is -0.147. The van der Waals surface area contributed by atoms with E-state index in [1.165, 1.54) is 4.90 Å². The topological polar surface area (TPSA) is 55.8 Å². The highest BCUT2D eigenvalue weighted by Gasteiger charge is 2.35. The Bertz CT molecular complexity index is 218. The molecule has 0 radical (unpaired) electrons. The lowest BCUT2D eigenvalue weighted by atomic mass is 10.2. The van der Waals surface area contributed by atoms with Crippen molar-refractivity contribution in [1.82, 2.24) is 4.90 Å². The van der Waals surface area contributed by atoms with Gasteiger partial charge in [-0.15, -0.1) is 0 Å². The zero-order valence-electron chi connectivity index (χ0n) is 9.19. The molecule has 0 aromatic rings. The van der Waals surface area contributed by atoms with E-state index in [-0.39, 0.29) is 5.97 Å². The predicted octanol–water partition coefficient (Wildman–Crippen LogP) is 1.17. The van der Waals surface area contributed by atoms with Crippen molar-refractivity contribution < 1.29 is 19.1 Å². The Balaban J connectivity index is 2.56. The number of likely N-dealkylation sites (tertiary alicyclic amines) is 1. The molecule has 1 heterocycles. The van der Waals surface area contributed by atoms with Crippen molar-refractivity contribution in [3.63, 3.8) is 0 Å². The molecule has 0 saturated carbocycles. The van der Waals surface area contributed by atoms with Gasteiger partial charge in [0.05, 0.1) is 13.2 Å². The van der Waals surface area contributed by atoms with E-state index >= 15 is 0 Å². The quantitative estimate of drug-likeness (QED) is 0.663. The summed E-state index contributed by atoms with van der Waals surface area (Å²) in [5, 5.41) is 0. The van der Waals surface area contributed by atoms with E-state index in [1.54, 1.807) is 13.8 Å². The van der Waals surface area contributed by atoms with Gasteiger partial charge in [0.25, 0.3) is 0 Å². The van der Waals surface area contributed by atoms with Crippen LogP contribution in [0.15, 0.2) is 0 Å². The Morgan fingerprint density at radius 3 is 2.53 bits per heavy atom. The first kappa shape index (κ1) is 11.8. The standard InChI is InChI=1S/C10H17NO4/c1-3-14-9(12)8-6-5-7-11(8)10(13)15-4-2/h8H,3-7H2,1-2H3/t8-/m0/s1. The van der Waals surface area contributed by atoms with Crippen molar-refractivity contribution in [2.75, 3.05) is 19.8 Å². The van der Waals surface area contributed by atoms with Crippen molar-refractivity contribution in [3.8, 4) is 0 Å². The van der Waals surface area contributed by atoms with E-state index in [1.807, 2.05) is 0 Å². The van der Waals surface area contributed by atoms with Crippen LogP contribution < -0.4 is 0 Å². The highest BCUT2D eigenvalue weighted by Crippen LogP contribution is 2.19. The summed E-state index contributed by atoms with van der Waals surface area (Å²) in [6.07, 6.45) is 1.06. The third-order valence-corrected chi connectivity index (χ3v) is 2.31. The largest absolute Gasteiger partial charge is 0.464 e. The molecule has 1 fully saturated rings. The van der Waals surface area contributed by atoms with Crippen molar-refractivity contribution in [3.05, 3.63) is 0 Å². The van der Waals surface area contributed by atoms with Gasteiger partial charge in [-0.1, -0.05) is 0 Å². The van der Waals surface area contributed by atoms with Crippen molar-refractivity contribution >= 4 is 12.1 Å². The maximum Gasteiger partial charge on any atom is 0.410 e. The van der Waals surface area contributed by atoms with Crippen LogP contribution in [0.1, 0.15) is 26.7 Å². The molecular formula is C10H17NO4. The SMILES string of the molecule is CCOC(=O)[C@@H]1CCCN1C(=O)OCC. The molecule has 5 nitrogen and oxygen atoms in total. The molecule has 1 aliphatic heterocycles. The smallest absolute Gasteiger partial charge is 0.410 e. The molecule has 0 spiro atoms. The molecule has 15 heavy (non-hydrogen) atoms. The fourth-order valence-corrected chi connectivity index (χ4v) is 1.68. The molecule has 1 aliphatic rings. The fourth-order valence-electron chi connectivity index (χ4n) is 1.68. The number of amides is 1. The van der Waals surface area contributed by atoms with Crippen molar-refractivity contribution in [1.29, 1.82) is 0 Å². The zero-order valence-corrected chi connectivity index (χ0v) is 9.19. The van der Waals surface area contributed by atoms with Crippen LogP contribution in [0.3, 0.4) is 0 Å². The van der Waals surface area contributed by atoms with Crippen LogP contribution in [0.5, 0.6) is 0 Å². The number of ether oxygens (including phenoxy) is 2. The molecular weight excluding hydrogens is 198 g/mol. The second-order valence-electron chi connectivity index (χ2n) is 3.30. The maximum absolute atomic E-state index is 11.5. The van der Waals surface area contributed by atoms with E-state index in [0.29, 0.717) is 26.2 Å². The lowest BCUT2D eigenvalue weighted by Gasteiger charge is -2.21. The highest BCUT2D eigenvalue weighted by molar-refractivity contribution is 5.82. The Hall–Kier alpha value is -1.26. The molecule has 0 N–H and O–H groups in total. The van der Waals surface area contributed by atoms with E-state index in [4.69, 9.17) is 9.47 Å². The van der Waals surface area contributed by atoms with Gasteiger partial charge in [-0.3, -0.25) is 4.90 Å². The molecule has 5 heteroatoms. The summed E-state index contributed by atoms with van der Waals surface area (Å²) in [5.74, 6) is -0.331. The van der Waals surface area contributed by atoms with Crippen LogP contribution >= 0.6 is 0 Å². The zero-order chi connectivity index (χ0) is 11.3. The van der Waals surface area contributed by atoms with E-state index in [2.05, 4.69) is 0 Å². The Labute approximate surface area is 89.3 Å². The second-order valence-corrected chi connectivity index (χ2v) is 3.30. The first-order valence-electron chi connectivity index (χ1n) is 5.30. The van der Waals surface area contributed by atoms with Crippen LogP contribution in [0.25, 0.3) is 0 Å². The average Bonchev–Trinajstić information content (AvgIpc) is 2.66. The Morgan fingerprint density at radius 2 is 1.93 bits per heavy atom. The number of esters is 1. The number of carbonyl (C=O) groups is 2. The minimum Gasteiger partial charge on any atom is -0.464 e. The molecule has 0 bridgehead atoms. The van der Waals surface area contributed by atoms with Gasteiger partial charge in [0, 0.05) is 6.54 Å². The highest BCUT2D eigenvalue weighted by atomic mass is 16.6. The Kier molecular flexibility index (Phi) is 4.39. The van der Waals surface area contributed by atoms with Gasteiger partial charge in [-0.25, -0.2) is 9.59 Å². The molecule has 86 valence electrons.